The fourth-order valence-electron chi connectivity index (χ4n) is 2.02. The Hall–Kier alpha value is -1.08. The van der Waals surface area contributed by atoms with Crippen molar-refractivity contribution in [2.45, 2.75) is 59.9 Å². The van der Waals surface area contributed by atoms with E-state index in [0.29, 0.717) is 0 Å². The van der Waals surface area contributed by atoms with Gasteiger partial charge in [0.25, 0.3) is 0 Å². The molecule has 0 aliphatic rings. The molecule has 0 spiro atoms. The zero-order valence-electron chi connectivity index (χ0n) is 13.8. The maximum atomic E-state index is 3.35. The molecule has 0 aliphatic heterocycles. The van der Waals surface area contributed by atoms with Crippen molar-refractivity contribution in [1.82, 2.24) is 5.32 Å². The first-order valence-corrected chi connectivity index (χ1v) is 7.46. The van der Waals surface area contributed by atoms with Crippen LogP contribution in [0.4, 0.5) is 0 Å². The Labute approximate surface area is 120 Å². The maximum Gasteiger partial charge on any atom is 0.0162 e. The maximum absolute atomic E-state index is 3.35. The van der Waals surface area contributed by atoms with E-state index in [0.717, 1.165) is 12.8 Å². The van der Waals surface area contributed by atoms with Crippen molar-refractivity contribution in [2.24, 2.45) is 0 Å². The van der Waals surface area contributed by atoms with Gasteiger partial charge in [0, 0.05) is 5.54 Å². The highest BCUT2D eigenvalue weighted by molar-refractivity contribution is 5.54. The van der Waals surface area contributed by atoms with Crippen molar-refractivity contribution in [2.75, 3.05) is 7.05 Å². The summed E-state index contributed by atoms with van der Waals surface area (Å²) in [6.45, 7) is 12.8. The summed E-state index contributed by atoms with van der Waals surface area (Å²) < 4.78 is 0. The molecule has 0 aliphatic carbocycles. The normalized spacial score (nSPS) is 11.3. The molecule has 0 fully saturated rings. The van der Waals surface area contributed by atoms with Crippen LogP contribution in [0.1, 0.15) is 58.2 Å². The first kappa shape index (κ1) is 17.9. The Kier molecular flexibility index (Phi) is 8.42. The number of hydrogen-bond acceptors (Lipinski definition) is 1. The minimum atomic E-state index is 0.160. The highest BCUT2D eigenvalue weighted by atomic mass is 14.9. The summed E-state index contributed by atoms with van der Waals surface area (Å²) in [6, 6.07) is 6.82. The van der Waals surface area contributed by atoms with Crippen molar-refractivity contribution >= 4 is 6.08 Å². The van der Waals surface area contributed by atoms with Crippen LogP contribution in [0.15, 0.2) is 24.3 Å². The van der Waals surface area contributed by atoms with E-state index in [2.05, 4.69) is 63.4 Å². The fourth-order valence-corrected chi connectivity index (χ4v) is 2.02. The third kappa shape index (κ3) is 6.07. The van der Waals surface area contributed by atoms with Gasteiger partial charge >= 0.3 is 0 Å². The van der Waals surface area contributed by atoms with Crippen LogP contribution in [-0.2, 0) is 12.8 Å². The van der Waals surface area contributed by atoms with Crippen molar-refractivity contribution in [1.29, 1.82) is 0 Å². The molecule has 1 rings (SSSR count). The fraction of sp³-hybridized carbons (Fsp3) is 0.556. The molecule has 0 saturated carbocycles. The van der Waals surface area contributed by atoms with E-state index in [1.54, 1.807) is 0 Å². The molecule has 0 saturated heterocycles. The molecule has 0 aromatic heterocycles. The number of allylic oxidation sites excluding steroid dienone is 1. The molecule has 0 bridgehead atoms. The number of hydrogen-bond donors (Lipinski definition) is 1. The van der Waals surface area contributed by atoms with Gasteiger partial charge in [-0.05, 0) is 57.4 Å². The number of likely N-dealkylation sites (N-methyl/N-ethyl adjacent to an activating group) is 1. The van der Waals surface area contributed by atoms with E-state index >= 15 is 0 Å². The van der Waals surface area contributed by atoms with Gasteiger partial charge in [-0.2, -0.15) is 0 Å². The van der Waals surface area contributed by atoms with Crippen LogP contribution >= 0.6 is 0 Å². The van der Waals surface area contributed by atoms with Crippen LogP contribution in [0.2, 0.25) is 0 Å². The quantitative estimate of drug-likeness (QED) is 0.799. The van der Waals surface area contributed by atoms with Crippen LogP contribution in [0.5, 0.6) is 0 Å². The first-order chi connectivity index (χ1) is 9.02. The van der Waals surface area contributed by atoms with Gasteiger partial charge in [-0.1, -0.05) is 51.1 Å². The van der Waals surface area contributed by atoms with Gasteiger partial charge in [-0.15, -0.1) is 0 Å². The third-order valence-electron chi connectivity index (χ3n) is 3.26. The summed E-state index contributed by atoms with van der Waals surface area (Å²) in [6.07, 6.45) is 6.44. The average Bonchev–Trinajstić information content (AvgIpc) is 2.42. The smallest absolute Gasteiger partial charge is 0.0162 e. The van der Waals surface area contributed by atoms with E-state index in [1.165, 1.54) is 16.7 Å². The Balaban J connectivity index is 0.00000154. The molecule has 0 atom stereocenters. The van der Waals surface area contributed by atoms with Crippen molar-refractivity contribution in [3.05, 3.63) is 41.0 Å². The summed E-state index contributed by atoms with van der Waals surface area (Å²) in [5.41, 5.74) is 4.36. The third-order valence-corrected chi connectivity index (χ3v) is 3.26. The van der Waals surface area contributed by atoms with E-state index in [9.17, 15) is 0 Å². The largest absolute Gasteiger partial charge is 0.314 e. The monoisotopic (exact) mass is 261 g/mol. The van der Waals surface area contributed by atoms with E-state index in [4.69, 9.17) is 0 Å². The predicted molar refractivity (Wildman–Crippen MR) is 88.7 cm³/mol. The molecule has 1 heteroatoms. The molecule has 0 heterocycles. The molecular formula is C18H31N. The van der Waals surface area contributed by atoms with Gasteiger partial charge in [0.2, 0.25) is 0 Å². The van der Waals surface area contributed by atoms with Gasteiger partial charge < -0.3 is 5.32 Å². The Morgan fingerprint density at radius 1 is 1.21 bits per heavy atom. The van der Waals surface area contributed by atoms with Gasteiger partial charge in [0.15, 0.2) is 0 Å². The summed E-state index contributed by atoms with van der Waals surface area (Å²) in [4.78, 5) is 0. The highest BCUT2D eigenvalue weighted by Gasteiger charge is 2.15. The van der Waals surface area contributed by atoms with Gasteiger partial charge in [-0.25, -0.2) is 0 Å². The second-order valence-corrected chi connectivity index (χ2v) is 5.20. The van der Waals surface area contributed by atoms with Crippen molar-refractivity contribution < 1.29 is 0 Å². The summed E-state index contributed by atoms with van der Waals surface area (Å²) >= 11 is 0. The molecule has 1 N–H and O–H groups in total. The van der Waals surface area contributed by atoms with Gasteiger partial charge in [0.05, 0.1) is 0 Å². The molecule has 0 unspecified atom stereocenters. The van der Waals surface area contributed by atoms with Crippen LogP contribution in [0.3, 0.4) is 0 Å². The number of nitrogens with one attached hydrogen (secondary N) is 1. The van der Waals surface area contributed by atoms with E-state index in [1.807, 2.05) is 20.9 Å². The van der Waals surface area contributed by atoms with Gasteiger partial charge in [0.1, 0.15) is 0 Å². The van der Waals surface area contributed by atoms with Crippen molar-refractivity contribution in [3.63, 3.8) is 0 Å². The lowest BCUT2D eigenvalue weighted by Gasteiger charge is -2.24. The lowest BCUT2D eigenvalue weighted by molar-refractivity contribution is 0.422. The molecule has 0 amide bonds. The zero-order chi connectivity index (χ0) is 14.9. The highest BCUT2D eigenvalue weighted by Crippen LogP contribution is 2.18. The molecule has 0 radical (unpaired) electrons. The molecule has 19 heavy (non-hydrogen) atoms. The van der Waals surface area contributed by atoms with Crippen molar-refractivity contribution in [3.8, 4) is 0 Å². The minimum absolute atomic E-state index is 0.160. The lowest BCUT2D eigenvalue weighted by atomic mass is 9.92. The van der Waals surface area contributed by atoms with Gasteiger partial charge in [-0.3, -0.25) is 0 Å². The summed E-state index contributed by atoms with van der Waals surface area (Å²) in [7, 11) is 2.02. The van der Waals surface area contributed by atoms with Crippen LogP contribution in [-0.4, -0.2) is 12.6 Å². The Morgan fingerprint density at radius 2 is 1.84 bits per heavy atom. The summed E-state index contributed by atoms with van der Waals surface area (Å²) in [5, 5.41) is 3.35. The lowest BCUT2D eigenvalue weighted by Crippen LogP contribution is -2.38. The van der Waals surface area contributed by atoms with Crippen LogP contribution < -0.4 is 5.32 Å². The van der Waals surface area contributed by atoms with E-state index < -0.39 is 0 Å². The topological polar surface area (TPSA) is 12.0 Å². The van der Waals surface area contributed by atoms with E-state index in [-0.39, 0.29) is 5.54 Å². The minimum Gasteiger partial charge on any atom is -0.314 e. The van der Waals surface area contributed by atoms with Crippen LogP contribution in [0, 0.1) is 0 Å². The number of aryl methyl sites for hydroxylation is 1. The molecule has 1 aromatic carbocycles. The Morgan fingerprint density at radius 3 is 2.32 bits per heavy atom. The Bertz CT molecular complexity index is 389. The average molecular weight is 261 g/mol. The molecule has 1 nitrogen and oxygen atoms in total. The second kappa shape index (κ2) is 8.92. The molecule has 108 valence electrons. The summed E-state index contributed by atoms with van der Waals surface area (Å²) in [5.74, 6) is 0. The zero-order valence-corrected chi connectivity index (χ0v) is 13.8. The first-order valence-electron chi connectivity index (χ1n) is 7.46. The standard InChI is InChI=1S/C16H25N.C2H6/c1-6-8-15-10-9-13(11-14(15)7-2)12-16(3,4)17-5;1-2/h6,8-11,17H,7,12H2,1-5H3;1-2H3/b8-6-;. The SMILES string of the molecule is C/C=C\c1ccc(CC(C)(C)NC)cc1CC.CC. The number of rotatable bonds is 5. The number of benzene rings is 1. The molecule has 1 aromatic rings. The molecular weight excluding hydrogens is 230 g/mol. The van der Waals surface area contributed by atoms with Crippen LogP contribution in [0.25, 0.3) is 6.08 Å². The predicted octanol–water partition coefficient (Wildman–Crippen LogP) is 4.85. The second-order valence-electron chi connectivity index (χ2n) is 5.20.